The summed E-state index contributed by atoms with van der Waals surface area (Å²) in [5, 5.41) is 0. The summed E-state index contributed by atoms with van der Waals surface area (Å²) in [6.45, 7) is 0. The van der Waals surface area contributed by atoms with E-state index in [4.69, 9.17) is 0 Å². The highest BCUT2D eigenvalue weighted by molar-refractivity contribution is 6.34. The normalized spacial score (nSPS) is 12.1. The van der Waals surface area contributed by atoms with Gasteiger partial charge < -0.3 is 0 Å². The maximum atomic E-state index is 13.5. The maximum Gasteiger partial charge on any atom is 0.195 e. The van der Waals surface area contributed by atoms with Crippen molar-refractivity contribution in [3.8, 4) is 0 Å². The molecule has 0 aromatic heterocycles. The van der Waals surface area contributed by atoms with Gasteiger partial charge >= 0.3 is 0 Å². The Kier molecular flexibility index (Phi) is 4.68. The zero-order chi connectivity index (χ0) is 22.2. The Labute approximate surface area is 184 Å². The van der Waals surface area contributed by atoms with E-state index >= 15 is 0 Å². The summed E-state index contributed by atoms with van der Waals surface area (Å²) in [7, 11) is 0. The first kappa shape index (κ1) is 19.5. The summed E-state index contributed by atoms with van der Waals surface area (Å²) >= 11 is 0. The highest BCUT2D eigenvalue weighted by Gasteiger charge is 2.36. The summed E-state index contributed by atoms with van der Waals surface area (Å²) in [5.74, 6) is -1.53. The van der Waals surface area contributed by atoms with E-state index in [9.17, 15) is 19.2 Å². The van der Waals surface area contributed by atoms with Crippen LogP contribution in [-0.2, 0) is 0 Å². The first-order valence-electron chi connectivity index (χ1n) is 10.1. The minimum atomic E-state index is -0.433. The molecule has 0 saturated heterocycles. The Bertz CT molecular complexity index is 1310. The van der Waals surface area contributed by atoms with Crippen LogP contribution in [0.2, 0.25) is 0 Å². The summed E-state index contributed by atoms with van der Waals surface area (Å²) < 4.78 is 0. The van der Waals surface area contributed by atoms with Crippen LogP contribution in [0, 0.1) is 0 Å². The van der Waals surface area contributed by atoms with Gasteiger partial charge in [0.05, 0.1) is 0 Å². The van der Waals surface area contributed by atoms with Gasteiger partial charge in [0.15, 0.2) is 23.1 Å². The molecule has 4 aromatic rings. The number of benzene rings is 4. The maximum absolute atomic E-state index is 13.5. The third-order valence-corrected chi connectivity index (χ3v) is 5.63. The third kappa shape index (κ3) is 3.01. The van der Waals surface area contributed by atoms with E-state index in [0.717, 1.165) is 0 Å². The minimum Gasteiger partial charge on any atom is -0.289 e. The second-order valence-electron chi connectivity index (χ2n) is 7.50. The molecule has 5 rings (SSSR count). The van der Waals surface area contributed by atoms with E-state index in [1.165, 1.54) is 12.1 Å². The van der Waals surface area contributed by atoms with Gasteiger partial charge in [0.25, 0.3) is 0 Å². The lowest BCUT2D eigenvalue weighted by molar-refractivity contribution is 0.0964. The minimum absolute atomic E-state index is 0.0863. The molecule has 0 atom stereocenters. The standard InChI is InChI=1S/C28H16O4/c29-25(17-9-3-1-4-10-17)19-13-7-15-21-23(19)27(31)22-16-8-14-20(24(22)28(21)32)26(30)18-11-5-2-6-12-18/h1-16H. The number of rotatable bonds is 4. The first-order valence-corrected chi connectivity index (χ1v) is 10.1. The number of carbonyl (C=O) groups is 4. The van der Waals surface area contributed by atoms with E-state index in [-0.39, 0.29) is 44.9 Å². The number of fused-ring (bicyclic) bond motifs is 2. The van der Waals surface area contributed by atoms with Crippen molar-refractivity contribution in [2.75, 3.05) is 0 Å². The van der Waals surface area contributed by atoms with Crippen LogP contribution in [0.25, 0.3) is 0 Å². The average Bonchev–Trinajstić information content (AvgIpc) is 2.86. The molecule has 4 aromatic carbocycles. The fourth-order valence-corrected chi connectivity index (χ4v) is 4.11. The molecule has 0 spiro atoms. The number of hydrogen-bond acceptors (Lipinski definition) is 4. The van der Waals surface area contributed by atoms with Gasteiger partial charge in [-0.2, -0.15) is 0 Å². The van der Waals surface area contributed by atoms with Gasteiger partial charge in [0.1, 0.15) is 0 Å². The van der Waals surface area contributed by atoms with Crippen molar-refractivity contribution in [3.63, 3.8) is 0 Å². The number of carbonyl (C=O) groups excluding carboxylic acids is 4. The summed E-state index contributed by atoms with van der Waals surface area (Å²) in [6.07, 6.45) is 0. The van der Waals surface area contributed by atoms with Gasteiger partial charge in [-0.05, 0) is 0 Å². The monoisotopic (exact) mass is 416 g/mol. The average molecular weight is 416 g/mol. The molecule has 0 radical (unpaired) electrons. The van der Waals surface area contributed by atoms with E-state index in [0.29, 0.717) is 11.1 Å². The Morgan fingerprint density at radius 3 is 1.19 bits per heavy atom. The summed E-state index contributed by atoms with van der Waals surface area (Å²) in [5.41, 5.74) is 1.66. The van der Waals surface area contributed by atoms with E-state index in [1.807, 2.05) is 0 Å². The van der Waals surface area contributed by atoms with Gasteiger partial charge in [-0.25, -0.2) is 0 Å². The van der Waals surface area contributed by atoms with Gasteiger partial charge in [-0.3, -0.25) is 19.2 Å². The fourth-order valence-electron chi connectivity index (χ4n) is 4.11. The third-order valence-electron chi connectivity index (χ3n) is 5.63. The second-order valence-corrected chi connectivity index (χ2v) is 7.50. The number of hydrogen-bond donors (Lipinski definition) is 0. The molecule has 32 heavy (non-hydrogen) atoms. The summed E-state index contributed by atoms with van der Waals surface area (Å²) in [4.78, 5) is 53.3. The largest absolute Gasteiger partial charge is 0.289 e. The highest BCUT2D eigenvalue weighted by atomic mass is 16.1. The highest BCUT2D eigenvalue weighted by Crippen LogP contribution is 2.33. The smallest absolute Gasteiger partial charge is 0.195 e. The topological polar surface area (TPSA) is 68.3 Å². The molecule has 1 aliphatic carbocycles. The van der Waals surface area contributed by atoms with Crippen LogP contribution in [-0.4, -0.2) is 23.1 Å². The van der Waals surface area contributed by atoms with Gasteiger partial charge in [0, 0.05) is 44.5 Å². The quantitative estimate of drug-likeness (QED) is 0.390. The van der Waals surface area contributed by atoms with E-state index < -0.39 is 11.6 Å². The number of ketones is 4. The predicted molar refractivity (Wildman–Crippen MR) is 119 cm³/mol. The molecule has 0 saturated carbocycles. The molecule has 0 fully saturated rings. The van der Waals surface area contributed by atoms with E-state index in [1.54, 1.807) is 84.9 Å². The van der Waals surface area contributed by atoms with Gasteiger partial charge in [-0.15, -0.1) is 0 Å². The first-order chi connectivity index (χ1) is 15.6. The second kappa shape index (κ2) is 7.67. The molecule has 4 heteroatoms. The lowest BCUT2D eigenvalue weighted by atomic mass is 9.78. The Hall–Kier alpha value is -4.44. The van der Waals surface area contributed by atoms with Crippen LogP contribution >= 0.6 is 0 Å². The van der Waals surface area contributed by atoms with Crippen molar-refractivity contribution >= 4 is 23.1 Å². The van der Waals surface area contributed by atoms with Crippen LogP contribution in [0.3, 0.4) is 0 Å². The molecule has 1 aliphatic rings. The van der Waals surface area contributed by atoms with Crippen LogP contribution < -0.4 is 0 Å². The van der Waals surface area contributed by atoms with Crippen molar-refractivity contribution in [1.29, 1.82) is 0 Å². The van der Waals surface area contributed by atoms with Crippen LogP contribution in [0.4, 0.5) is 0 Å². The van der Waals surface area contributed by atoms with Gasteiger partial charge in [-0.1, -0.05) is 97.1 Å². The van der Waals surface area contributed by atoms with E-state index in [2.05, 4.69) is 0 Å². The molecular weight excluding hydrogens is 400 g/mol. The fraction of sp³-hybridized carbons (Fsp3) is 0. The van der Waals surface area contributed by atoms with Crippen LogP contribution in [0.1, 0.15) is 63.7 Å². The SMILES string of the molecule is O=C(c1ccccc1)c1cccc2c1C(=O)c1cccc(C(=O)c3ccccc3)c1C2=O. The van der Waals surface area contributed by atoms with Crippen LogP contribution in [0.15, 0.2) is 97.1 Å². The molecule has 0 unspecified atom stereocenters. The molecule has 0 bridgehead atoms. The molecule has 0 amide bonds. The zero-order valence-corrected chi connectivity index (χ0v) is 16.9. The Morgan fingerprint density at radius 2 is 0.812 bits per heavy atom. The lowest BCUT2D eigenvalue weighted by Gasteiger charge is -2.21. The Morgan fingerprint density at radius 1 is 0.438 bits per heavy atom. The summed E-state index contributed by atoms with van der Waals surface area (Å²) in [6, 6.07) is 26.6. The molecule has 152 valence electrons. The van der Waals surface area contributed by atoms with Crippen molar-refractivity contribution in [2.24, 2.45) is 0 Å². The van der Waals surface area contributed by atoms with Gasteiger partial charge in [0.2, 0.25) is 0 Å². The van der Waals surface area contributed by atoms with Crippen molar-refractivity contribution in [1.82, 2.24) is 0 Å². The van der Waals surface area contributed by atoms with Crippen molar-refractivity contribution in [2.45, 2.75) is 0 Å². The lowest BCUT2D eigenvalue weighted by Crippen LogP contribution is -2.26. The van der Waals surface area contributed by atoms with Crippen molar-refractivity contribution < 1.29 is 19.2 Å². The molecule has 0 heterocycles. The Balaban J connectivity index is 1.67. The molecule has 0 aliphatic heterocycles. The molecule has 0 N–H and O–H groups in total. The molecular formula is C28H16O4. The predicted octanol–water partition coefficient (Wildman–Crippen LogP) is 4.92. The molecule has 4 nitrogen and oxygen atoms in total. The zero-order valence-electron chi connectivity index (χ0n) is 16.9. The van der Waals surface area contributed by atoms with Crippen molar-refractivity contribution in [3.05, 3.63) is 142 Å². The van der Waals surface area contributed by atoms with Crippen LogP contribution in [0.5, 0.6) is 0 Å².